The van der Waals surface area contributed by atoms with Gasteiger partial charge in [-0.3, -0.25) is 14.1 Å². The van der Waals surface area contributed by atoms with Crippen molar-refractivity contribution < 1.29 is 42.7 Å². The van der Waals surface area contributed by atoms with Crippen LogP contribution in [0.25, 0.3) is 0 Å². The van der Waals surface area contributed by atoms with E-state index in [9.17, 15) is 14.2 Å². The van der Waals surface area contributed by atoms with Crippen molar-refractivity contribution in [2.24, 2.45) is 0 Å². The Morgan fingerprint density at radius 2 is 1.04 bits per heavy atom. The van der Waals surface area contributed by atoms with E-state index < -0.39 is 32.5 Å². The molecule has 53 heavy (non-hydrogen) atoms. The lowest BCUT2D eigenvalue weighted by molar-refractivity contribution is -0.161. The van der Waals surface area contributed by atoms with Gasteiger partial charge in [-0.05, 0) is 83.5 Å². The first kappa shape index (κ1) is 48.7. The van der Waals surface area contributed by atoms with Crippen molar-refractivity contribution in [1.29, 1.82) is 0 Å². The molecule has 0 aromatic rings. The first-order valence-electron chi connectivity index (χ1n) is 20.7. The average Bonchev–Trinajstić information content (AvgIpc) is 3.88. The number of phosphoric ester groups is 1. The van der Waals surface area contributed by atoms with Gasteiger partial charge in [0.2, 0.25) is 0 Å². The summed E-state index contributed by atoms with van der Waals surface area (Å²) in [5.41, 5.74) is 0. The molecule has 0 spiro atoms. The molecule has 1 fully saturated rings. The fourth-order valence-electron chi connectivity index (χ4n) is 5.67. The van der Waals surface area contributed by atoms with Crippen LogP contribution in [-0.2, 0) is 32.9 Å². The maximum absolute atomic E-state index is 12.4. The van der Waals surface area contributed by atoms with Crippen LogP contribution in [0.2, 0.25) is 0 Å². The number of ether oxygens (including phenoxy) is 3. The Kier molecular flexibility index (Phi) is 31.5. The molecule has 0 aromatic carbocycles. The molecule has 2 N–H and O–H groups in total. The number of rotatable bonds is 36. The van der Waals surface area contributed by atoms with Crippen LogP contribution >= 0.6 is 7.82 Å². The number of hydrogen-bond acceptors (Lipinski definition) is 7. The summed E-state index contributed by atoms with van der Waals surface area (Å²) in [7, 11) is -4.78. The maximum atomic E-state index is 12.4. The molecule has 1 aliphatic heterocycles. The number of carbonyl (C=O) groups excluding carboxylic acids is 2. The molecular formula is C43H73O9P. The third-order valence-corrected chi connectivity index (χ3v) is 9.40. The van der Waals surface area contributed by atoms with Gasteiger partial charge in [0.15, 0.2) is 6.10 Å². The van der Waals surface area contributed by atoms with E-state index >= 15 is 0 Å². The second kappa shape index (κ2) is 34.2. The first-order valence-corrected chi connectivity index (χ1v) is 22.2. The van der Waals surface area contributed by atoms with Crippen LogP contribution in [0.4, 0.5) is 0 Å². The van der Waals surface area contributed by atoms with Crippen LogP contribution in [0.5, 0.6) is 0 Å². The van der Waals surface area contributed by atoms with E-state index in [0.717, 1.165) is 57.8 Å². The molecule has 0 aromatic heterocycles. The standard InChI is InChI=1S/C43H73O9P/c1-3-5-7-9-11-13-14-15-16-17-18-19-20-22-24-26-32-36-43(45)51-39(38-50-53(46,47)48)37-49-42(44)35-31-28-27-30-34-41-40(52-41)33-29-25-23-21-12-10-8-6-4-2/h11-13,15-16,21,25,27,29-30,39-41H,3-10,14,17-20,22-24,26,28,31-38H2,1-2H3,(H2,46,47,48)/b13-11-,16-15-,21-12-,29-25-,30-27-/t39-,40?,41?/m1/s1. The van der Waals surface area contributed by atoms with Gasteiger partial charge in [-0.15, -0.1) is 0 Å². The van der Waals surface area contributed by atoms with E-state index in [4.69, 9.17) is 24.0 Å². The highest BCUT2D eigenvalue weighted by atomic mass is 31.2. The van der Waals surface area contributed by atoms with Crippen LogP contribution in [0.1, 0.15) is 168 Å². The number of esters is 2. The van der Waals surface area contributed by atoms with E-state index in [1.165, 1.54) is 64.2 Å². The van der Waals surface area contributed by atoms with Crippen molar-refractivity contribution >= 4 is 19.8 Å². The average molecular weight is 765 g/mol. The predicted molar refractivity (Wildman–Crippen MR) is 215 cm³/mol. The zero-order chi connectivity index (χ0) is 38.7. The van der Waals surface area contributed by atoms with Gasteiger partial charge in [-0.2, -0.15) is 0 Å². The largest absolute Gasteiger partial charge is 0.469 e. The Balaban J connectivity index is 2.12. The van der Waals surface area contributed by atoms with Crippen LogP contribution in [0.3, 0.4) is 0 Å². The Morgan fingerprint density at radius 1 is 0.585 bits per heavy atom. The minimum atomic E-state index is -4.78. The van der Waals surface area contributed by atoms with Crippen molar-refractivity contribution in [1.82, 2.24) is 0 Å². The summed E-state index contributed by atoms with van der Waals surface area (Å²) in [5.74, 6) is -0.971. The Hall–Kier alpha value is -2.29. The summed E-state index contributed by atoms with van der Waals surface area (Å²) in [6.45, 7) is 3.56. The highest BCUT2D eigenvalue weighted by Crippen LogP contribution is 2.36. The molecule has 1 aliphatic rings. The van der Waals surface area contributed by atoms with Crippen LogP contribution in [0.15, 0.2) is 60.8 Å². The second-order valence-electron chi connectivity index (χ2n) is 14.0. The summed E-state index contributed by atoms with van der Waals surface area (Å²) in [6, 6.07) is 0. The predicted octanol–water partition coefficient (Wildman–Crippen LogP) is 11.5. The van der Waals surface area contributed by atoms with Gasteiger partial charge in [0.1, 0.15) is 6.61 Å². The number of allylic oxidation sites excluding steroid dienone is 8. The van der Waals surface area contributed by atoms with Crippen molar-refractivity contribution in [2.45, 2.75) is 186 Å². The zero-order valence-corrected chi connectivity index (χ0v) is 34.0. The summed E-state index contributed by atoms with van der Waals surface area (Å²) >= 11 is 0. The van der Waals surface area contributed by atoms with Crippen LogP contribution in [-0.4, -0.2) is 53.3 Å². The summed E-state index contributed by atoms with van der Waals surface area (Å²) in [4.78, 5) is 42.9. The topological polar surface area (TPSA) is 132 Å². The van der Waals surface area contributed by atoms with Gasteiger partial charge < -0.3 is 24.0 Å². The molecule has 0 saturated carbocycles. The molecule has 0 amide bonds. The highest BCUT2D eigenvalue weighted by molar-refractivity contribution is 7.46. The molecule has 0 aliphatic carbocycles. The van der Waals surface area contributed by atoms with Crippen molar-refractivity contribution in [3.63, 3.8) is 0 Å². The number of hydrogen-bond donors (Lipinski definition) is 2. The van der Waals surface area contributed by atoms with Crippen LogP contribution in [0, 0.1) is 0 Å². The lowest BCUT2D eigenvalue weighted by Crippen LogP contribution is -2.29. The first-order chi connectivity index (χ1) is 25.7. The van der Waals surface area contributed by atoms with E-state index in [0.29, 0.717) is 19.3 Å². The molecule has 1 heterocycles. The third kappa shape index (κ3) is 34.0. The highest BCUT2D eigenvalue weighted by Gasteiger charge is 2.36. The quantitative estimate of drug-likeness (QED) is 0.0210. The summed E-state index contributed by atoms with van der Waals surface area (Å²) < 4.78 is 32.1. The second-order valence-corrected chi connectivity index (χ2v) is 15.2. The van der Waals surface area contributed by atoms with Gasteiger partial charge in [0, 0.05) is 12.8 Å². The normalized spacial score (nSPS) is 16.9. The number of phosphoric acid groups is 1. The molecule has 9 nitrogen and oxygen atoms in total. The van der Waals surface area contributed by atoms with Crippen molar-refractivity contribution in [3.05, 3.63) is 60.8 Å². The van der Waals surface area contributed by atoms with Gasteiger partial charge in [0.05, 0.1) is 18.8 Å². The maximum Gasteiger partial charge on any atom is 0.469 e. The van der Waals surface area contributed by atoms with E-state index in [1.54, 1.807) is 0 Å². The molecule has 0 bridgehead atoms. The SMILES string of the molecule is CCCCC/C=C\C/C=C\CCCCCCCCCC(=O)O[C@H](COC(=O)CCC/C=C\CC1OC1C/C=C\C/C=C\CCCCC)COP(=O)(O)O. The smallest absolute Gasteiger partial charge is 0.462 e. The van der Waals surface area contributed by atoms with Gasteiger partial charge >= 0.3 is 19.8 Å². The lowest BCUT2D eigenvalue weighted by atomic mass is 10.1. The van der Waals surface area contributed by atoms with Gasteiger partial charge in [0.25, 0.3) is 0 Å². The van der Waals surface area contributed by atoms with E-state index in [2.05, 4.69) is 73.1 Å². The Labute approximate surface area is 322 Å². The Morgan fingerprint density at radius 3 is 1.60 bits per heavy atom. The minimum absolute atomic E-state index is 0.179. The van der Waals surface area contributed by atoms with Crippen LogP contribution < -0.4 is 0 Å². The molecule has 3 atom stereocenters. The molecule has 0 radical (unpaired) electrons. The minimum Gasteiger partial charge on any atom is -0.462 e. The molecule has 2 unspecified atom stereocenters. The molecule has 1 saturated heterocycles. The van der Waals surface area contributed by atoms with E-state index in [1.807, 2.05) is 6.08 Å². The van der Waals surface area contributed by atoms with Gasteiger partial charge in [-0.25, -0.2) is 4.57 Å². The Bertz CT molecular complexity index is 1110. The number of carbonyl (C=O) groups is 2. The number of epoxide rings is 1. The van der Waals surface area contributed by atoms with Crippen molar-refractivity contribution in [3.8, 4) is 0 Å². The molecule has 10 heteroatoms. The summed E-state index contributed by atoms with van der Waals surface area (Å²) in [5, 5.41) is 0. The zero-order valence-electron chi connectivity index (χ0n) is 33.1. The fourth-order valence-corrected chi connectivity index (χ4v) is 6.03. The van der Waals surface area contributed by atoms with E-state index in [-0.39, 0.29) is 31.7 Å². The molecule has 304 valence electrons. The molecule has 1 rings (SSSR count). The molecular weight excluding hydrogens is 691 g/mol. The van der Waals surface area contributed by atoms with Crippen molar-refractivity contribution in [2.75, 3.05) is 13.2 Å². The summed E-state index contributed by atoms with van der Waals surface area (Å²) in [6.07, 6.45) is 45.4. The fraction of sp³-hybridized carbons (Fsp3) is 0.721. The van der Waals surface area contributed by atoms with Gasteiger partial charge in [-0.1, -0.05) is 132 Å². The third-order valence-electron chi connectivity index (χ3n) is 8.91. The lowest BCUT2D eigenvalue weighted by Gasteiger charge is -2.18. The monoisotopic (exact) mass is 764 g/mol. The number of unbranched alkanes of at least 4 members (excludes halogenated alkanes) is 14.